The Kier molecular flexibility index (Phi) is 7.42. The third-order valence-electron chi connectivity index (χ3n) is 4.44. The molecule has 2 aromatic carbocycles. The summed E-state index contributed by atoms with van der Waals surface area (Å²) in [5, 5.41) is 2.90. The van der Waals surface area contributed by atoms with Crippen LogP contribution in [0.4, 0.5) is 5.69 Å². The summed E-state index contributed by atoms with van der Waals surface area (Å²) in [7, 11) is -3.55. The van der Waals surface area contributed by atoms with E-state index in [2.05, 4.69) is 17.4 Å². The average Bonchev–Trinajstić information content (AvgIpc) is 2.64. The van der Waals surface area contributed by atoms with Gasteiger partial charge in [-0.2, -0.15) is 0 Å². The normalized spacial score (nSPS) is 12.4. The lowest BCUT2D eigenvalue weighted by Gasteiger charge is -2.23. The van der Waals surface area contributed by atoms with E-state index in [1.54, 1.807) is 12.1 Å². The molecule has 0 aliphatic carbocycles. The molecular weight excluding hydrogens is 360 g/mol. The fourth-order valence-corrected chi connectivity index (χ4v) is 3.71. The maximum Gasteiger partial charge on any atom is 0.240 e. The standard InChI is InChI=1S/C21H28N2O3S/c1-4-18-12-14-20(15-13-18)23(27(3,25)26)16-21(24)22-17(2)10-11-19-8-6-5-7-9-19/h5-9,12-15,17H,4,10-11,16H2,1-3H3,(H,22,24)/t17-/m1/s1. The number of sulfonamides is 1. The minimum atomic E-state index is -3.55. The van der Waals surface area contributed by atoms with Crippen LogP contribution in [0.25, 0.3) is 0 Å². The van der Waals surface area contributed by atoms with Gasteiger partial charge < -0.3 is 5.32 Å². The Morgan fingerprint density at radius 3 is 2.22 bits per heavy atom. The summed E-state index contributed by atoms with van der Waals surface area (Å²) < 4.78 is 25.5. The second kappa shape index (κ2) is 9.55. The molecule has 6 heteroatoms. The lowest BCUT2D eigenvalue weighted by molar-refractivity contribution is -0.120. The molecule has 0 aliphatic heterocycles. The van der Waals surface area contributed by atoms with Crippen molar-refractivity contribution >= 4 is 21.6 Å². The number of carbonyl (C=O) groups is 1. The molecule has 0 saturated heterocycles. The van der Waals surface area contributed by atoms with Crippen LogP contribution in [0.2, 0.25) is 0 Å². The zero-order valence-corrected chi connectivity index (χ0v) is 17.0. The molecule has 146 valence electrons. The predicted molar refractivity (Wildman–Crippen MR) is 110 cm³/mol. The second-order valence-corrected chi connectivity index (χ2v) is 8.69. The average molecular weight is 389 g/mol. The van der Waals surface area contributed by atoms with Gasteiger partial charge in [0.25, 0.3) is 0 Å². The molecule has 0 aromatic heterocycles. The molecule has 1 atom stereocenters. The molecule has 0 fully saturated rings. The number of benzene rings is 2. The Labute approximate surface area is 162 Å². The largest absolute Gasteiger partial charge is 0.352 e. The summed E-state index contributed by atoms with van der Waals surface area (Å²) in [5.41, 5.74) is 2.83. The number of rotatable bonds is 9. The molecule has 0 unspecified atom stereocenters. The molecule has 0 radical (unpaired) electrons. The Hall–Kier alpha value is -2.34. The van der Waals surface area contributed by atoms with E-state index in [0.29, 0.717) is 5.69 Å². The Morgan fingerprint density at radius 1 is 1.04 bits per heavy atom. The van der Waals surface area contributed by atoms with Crippen LogP contribution in [0, 0.1) is 0 Å². The zero-order chi connectivity index (χ0) is 19.9. The van der Waals surface area contributed by atoms with E-state index in [1.807, 2.05) is 44.2 Å². The van der Waals surface area contributed by atoms with Crippen molar-refractivity contribution in [2.75, 3.05) is 17.1 Å². The third-order valence-corrected chi connectivity index (χ3v) is 5.58. The topological polar surface area (TPSA) is 66.5 Å². The summed E-state index contributed by atoms with van der Waals surface area (Å²) in [4.78, 5) is 12.4. The van der Waals surface area contributed by atoms with Gasteiger partial charge in [-0.1, -0.05) is 49.4 Å². The van der Waals surface area contributed by atoms with Gasteiger partial charge >= 0.3 is 0 Å². The van der Waals surface area contributed by atoms with E-state index in [-0.39, 0.29) is 18.5 Å². The van der Waals surface area contributed by atoms with Crippen molar-refractivity contribution in [3.8, 4) is 0 Å². The van der Waals surface area contributed by atoms with Crippen LogP contribution in [0.15, 0.2) is 54.6 Å². The molecule has 2 aromatic rings. The quantitative estimate of drug-likeness (QED) is 0.718. The van der Waals surface area contributed by atoms with Gasteiger partial charge in [-0.25, -0.2) is 8.42 Å². The lowest BCUT2D eigenvalue weighted by atomic mass is 10.1. The van der Waals surface area contributed by atoms with Crippen LogP contribution in [-0.4, -0.2) is 33.2 Å². The first-order valence-electron chi connectivity index (χ1n) is 9.19. The third kappa shape index (κ3) is 6.71. The molecule has 1 amide bonds. The van der Waals surface area contributed by atoms with Gasteiger partial charge in [-0.3, -0.25) is 9.10 Å². The van der Waals surface area contributed by atoms with Gasteiger partial charge in [-0.15, -0.1) is 0 Å². The highest BCUT2D eigenvalue weighted by Crippen LogP contribution is 2.18. The van der Waals surface area contributed by atoms with Crippen molar-refractivity contribution in [1.29, 1.82) is 0 Å². The number of nitrogens with one attached hydrogen (secondary N) is 1. The fraction of sp³-hybridized carbons (Fsp3) is 0.381. The van der Waals surface area contributed by atoms with Gasteiger partial charge in [-0.05, 0) is 49.4 Å². The number of hydrogen-bond donors (Lipinski definition) is 1. The molecular formula is C21H28N2O3S. The van der Waals surface area contributed by atoms with E-state index < -0.39 is 10.0 Å². The van der Waals surface area contributed by atoms with E-state index in [0.717, 1.165) is 35.4 Å². The number of aryl methyl sites for hydroxylation is 2. The predicted octanol–water partition coefficient (Wildman–Crippen LogP) is 3.15. The Morgan fingerprint density at radius 2 is 1.67 bits per heavy atom. The van der Waals surface area contributed by atoms with Crippen molar-refractivity contribution in [3.63, 3.8) is 0 Å². The van der Waals surface area contributed by atoms with Gasteiger partial charge in [0.2, 0.25) is 15.9 Å². The molecule has 0 heterocycles. The van der Waals surface area contributed by atoms with E-state index >= 15 is 0 Å². The zero-order valence-electron chi connectivity index (χ0n) is 16.2. The summed E-state index contributed by atoms with van der Waals surface area (Å²) >= 11 is 0. The molecule has 2 rings (SSSR count). The highest BCUT2D eigenvalue weighted by atomic mass is 32.2. The maximum atomic E-state index is 12.4. The number of nitrogens with zero attached hydrogens (tertiary/aromatic N) is 1. The molecule has 0 bridgehead atoms. The monoisotopic (exact) mass is 388 g/mol. The minimum Gasteiger partial charge on any atom is -0.352 e. The van der Waals surface area contributed by atoms with Crippen LogP contribution in [0.3, 0.4) is 0 Å². The number of hydrogen-bond acceptors (Lipinski definition) is 3. The lowest BCUT2D eigenvalue weighted by Crippen LogP contribution is -2.43. The van der Waals surface area contributed by atoms with Crippen LogP contribution < -0.4 is 9.62 Å². The smallest absolute Gasteiger partial charge is 0.240 e. The van der Waals surface area contributed by atoms with Crippen molar-refractivity contribution in [1.82, 2.24) is 5.32 Å². The molecule has 0 aliphatic rings. The van der Waals surface area contributed by atoms with Crippen molar-refractivity contribution in [2.24, 2.45) is 0 Å². The van der Waals surface area contributed by atoms with Crippen LogP contribution in [0.1, 0.15) is 31.4 Å². The van der Waals surface area contributed by atoms with E-state index in [4.69, 9.17) is 0 Å². The highest BCUT2D eigenvalue weighted by Gasteiger charge is 2.21. The molecule has 0 spiro atoms. The number of anilines is 1. The molecule has 27 heavy (non-hydrogen) atoms. The first-order chi connectivity index (χ1) is 12.8. The Bertz CT molecular complexity index is 833. The summed E-state index contributed by atoms with van der Waals surface area (Å²) in [6, 6.07) is 17.3. The fourth-order valence-electron chi connectivity index (χ4n) is 2.85. The first kappa shape index (κ1) is 21.0. The van der Waals surface area contributed by atoms with E-state index in [9.17, 15) is 13.2 Å². The van der Waals surface area contributed by atoms with Gasteiger partial charge in [0.15, 0.2) is 0 Å². The van der Waals surface area contributed by atoms with Gasteiger partial charge in [0, 0.05) is 6.04 Å². The molecule has 0 saturated carbocycles. The first-order valence-corrected chi connectivity index (χ1v) is 11.0. The summed E-state index contributed by atoms with van der Waals surface area (Å²) in [6.45, 7) is 3.75. The van der Waals surface area contributed by atoms with Crippen LogP contribution >= 0.6 is 0 Å². The van der Waals surface area contributed by atoms with Crippen molar-refractivity contribution in [2.45, 2.75) is 39.2 Å². The summed E-state index contributed by atoms with van der Waals surface area (Å²) in [5.74, 6) is -0.305. The maximum absolute atomic E-state index is 12.4. The SMILES string of the molecule is CCc1ccc(N(CC(=O)N[C@H](C)CCc2ccccc2)S(C)(=O)=O)cc1. The second-order valence-electron chi connectivity index (χ2n) is 6.78. The molecule has 5 nitrogen and oxygen atoms in total. The molecule has 1 N–H and O–H groups in total. The number of amides is 1. The van der Waals surface area contributed by atoms with Crippen molar-refractivity contribution < 1.29 is 13.2 Å². The van der Waals surface area contributed by atoms with Crippen LogP contribution in [0.5, 0.6) is 0 Å². The number of carbonyl (C=O) groups excluding carboxylic acids is 1. The summed E-state index contributed by atoms with van der Waals surface area (Å²) in [6.07, 6.45) is 3.64. The highest BCUT2D eigenvalue weighted by molar-refractivity contribution is 7.92. The minimum absolute atomic E-state index is 0.0402. The van der Waals surface area contributed by atoms with Crippen LogP contribution in [-0.2, 0) is 27.7 Å². The Balaban J connectivity index is 1.96. The van der Waals surface area contributed by atoms with Crippen molar-refractivity contribution in [3.05, 3.63) is 65.7 Å². The van der Waals surface area contributed by atoms with E-state index in [1.165, 1.54) is 5.56 Å². The van der Waals surface area contributed by atoms with Gasteiger partial charge in [0.05, 0.1) is 11.9 Å². The van der Waals surface area contributed by atoms with Gasteiger partial charge in [0.1, 0.15) is 6.54 Å².